The van der Waals surface area contributed by atoms with Crippen LogP contribution in [0.1, 0.15) is 115 Å². The summed E-state index contributed by atoms with van der Waals surface area (Å²) < 4.78 is 2.35. The third-order valence-electron chi connectivity index (χ3n) is 7.80. The fraction of sp³-hybridized carbons (Fsp3) is 0.341. The van der Waals surface area contributed by atoms with Crippen molar-refractivity contribution in [1.29, 1.82) is 0 Å². The van der Waals surface area contributed by atoms with Gasteiger partial charge in [-0.25, -0.2) is 0 Å². The van der Waals surface area contributed by atoms with Gasteiger partial charge in [0.15, 0.2) is 0 Å². The van der Waals surface area contributed by atoms with E-state index in [1.54, 1.807) is 0 Å². The predicted octanol–water partition coefficient (Wildman–Crippen LogP) is 11.1. The quantitative estimate of drug-likeness (QED) is 0.0928. The minimum Gasteiger partial charge on any atom is -0.0622 e. The van der Waals surface area contributed by atoms with E-state index in [0.29, 0.717) is 23.7 Å². The van der Waals surface area contributed by atoms with Gasteiger partial charge in [-0.05, 0) is 10.6 Å². The molecule has 0 amide bonds. The Balaban J connectivity index is 0.000000350. The topological polar surface area (TPSA) is 15.6 Å². The molecule has 0 bridgehead atoms. The molecular formula is C41H52GeN2P. The maximum Gasteiger partial charge on any atom is -0.0226 e. The van der Waals surface area contributed by atoms with Gasteiger partial charge in [0.1, 0.15) is 0 Å². The third-order valence-corrected chi connectivity index (χ3v) is 10.3. The van der Waals surface area contributed by atoms with E-state index in [4.69, 9.17) is 4.99 Å². The Labute approximate surface area is 284 Å². The zero-order valence-corrected chi connectivity index (χ0v) is 32.1. The Morgan fingerprint density at radius 1 is 0.578 bits per heavy atom. The molecule has 0 saturated heterocycles. The second-order valence-electron chi connectivity index (χ2n) is 12.9. The summed E-state index contributed by atoms with van der Waals surface area (Å²) in [5, 5.41) is 2.79. The number of rotatable bonds is 10. The molecule has 235 valence electrons. The van der Waals surface area contributed by atoms with Crippen LogP contribution in [0, 0.1) is 0 Å². The largest absolute Gasteiger partial charge is 0.0622 e. The Hall–Kier alpha value is -2.94. The average Bonchev–Trinajstić information content (AvgIpc) is 3.01. The van der Waals surface area contributed by atoms with Gasteiger partial charge in [-0.15, -0.1) is 0 Å². The summed E-state index contributed by atoms with van der Waals surface area (Å²) in [6.45, 7) is 22.4. The molecule has 0 aliphatic carbocycles. The Kier molecular flexibility index (Phi) is 14.3. The van der Waals surface area contributed by atoms with Crippen molar-refractivity contribution in [3.05, 3.63) is 131 Å². The third kappa shape index (κ3) is 10.6. The van der Waals surface area contributed by atoms with Crippen LogP contribution in [-0.2, 0) is 0 Å². The van der Waals surface area contributed by atoms with Crippen molar-refractivity contribution in [1.82, 2.24) is 0 Å². The van der Waals surface area contributed by atoms with E-state index in [0.717, 1.165) is 20.0 Å². The number of hydrogen-bond donors (Lipinski definition) is 0. The molecule has 0 N–H and O–H groups in total. The van der Waals surface area contributed by atoms with Gasteiger partial charge >= 0.3 is 206 Å². The summed E-state index contributed by atoms with van der Waals surface area (Å²) in [5.41, 5.74) is 10.2. The van der Waals surface area contributed by atoms with Crippen LogP contribution in [0.2, 0.25) is 0 Å². The fourth-order valence-corrected chi connectivity index (χ4v) is 7.10. The SMILES string of the molecule is CC(/C=C(/C)[N]([Ge])c1c(C(C)C)cccc1C(C)C)=Nc1c(C(C)C)cccc1C(C)C.c1ccc(Pc2ccccc2)cc1. The van der Waals surface area contributed by atoms with Crippen LogP contribution in [0.3, 0.4) is 0 Å². The minimum atomic E-state index is 0.444. The van der Waals surface area contributed by atoms with Crippen LogP contribution < -0.4 is 14.5 Å². The van der Waals surface area contributed by atoms with E-state index in [9.17, 15) is 0 Å². The summed E-state index contributed by atoms with van der Waals surface area (Å²) in [6, 6.07) is 34.5. The molecule has 0 spiro atoms. The molecule has 3 radical (unpaired) electrons. The molecule has 0 unspecified atom stereocenters. The van der Waals surface area contributed by atoms with Crippen LogP contribution in [-0.4, -0.2) is 22.4 Å². The number of allylic oxidation sites excluding steroid dienone is 2. The van der Waals surface area contributed by atoms with E-state index in [2.05, 4.69) is 193 Å². The average molecular weight is 676 g/mol. The second-order valence-corrected chi connectivity index (χ2v) is 15.3. The van der Waals surface area contributed by atoms with Crippen molar-refractivity contribution in [3.8, 4) is 0 Å². The predicted molar refractivity (Wildman–Crippen MR) is 204 cm³/mol. The molecule has 45 heavy (non-hydrogen) atoms. The van der Waals surface area contributed by atoms with Gasteiger partial charge in [-0.1, -0.05) is 69.2 Å². The van der Waals surface area contributed by atoms with E-state index in [-0.39, 0.29) is 0 Å². The Bertz CT molecular complexity index is 1460. The van der Waals surface area contributed by atoms with E-state index in [1.165, 1.54) is 44.2 Å². The first-order valence-corrected chi connectivity index (χ1v) is 18.2. The first-order chi connectivity index (χ1) is 21.4. The van der Waals surface area contributed by atoms with E-state index < -0.39 is 0 Å². The Morgan fingerprint density at radius 2 is 0.956 bits per heavy atom. The molecule has 4 heteroatoms. The Morgan fingerprint density at radius 3 is 1.33 bits per heavy atom. The molecule has 0 fully saturated rings. The van der Waals surface area contributed by atoms with Crippen molar-refractivity contribution in [3.63, 3.8) is 0 Å². The molecule has 4 rings (SSSR count). The standard InChI is InChI=1S/C29H41GeN2.C12H11P/c1-18(2)24-13-11-14-25(19(3)4)28(24)31-22(9)17-23(10)32(30)29-26(20(5)6)15-12-16-27(29)21(7)8;1-3-7-11(8-4-1)13-12-9-5-2-6-10-12/h11-21H,1-10H3;1-10,13H/b23-17-,31-22?;. The summed E-state index contributed by atoms with van der Waals surface area (Å²) >= 11 is 2.19. The van der Waals surface area contributed by atoms with Crippen molar-refractivity contribution in [2.75, 3.05) is 3.86 Å². The smallest absolute Gasteiger partial charge is 0.0226 e. The summed E-state index contributed by atoms with van der Waals surface area (Å²) in [4.78, 5) is 5.15. The normalized spacial score (nSPS) is 12.2. The van der Waals surface area contributed by atoms with Crippen LogP contribution >= 0.6 is 8.58 Å². The monoisotopic (exact) mass is 677 g/mol. The number of benzene rings is 4. The number of nitrogens with zero attached hydrogens (tertiary/aromatic N) is 2. The van der Waals surface area contributed by atoms with Gasteiger partial charge in [-0.2, -0.15) is 0 Å². The molecule has 4 aromatic rings. The molecule has 0 aliphatic heterocycles. The van der Waals surface area contributed by atoms with E-state index >= 15 is 0 Å². The first kappa shape index (κ1) is 36.5. The summed E-state index contributed by atoms with van der Waals surface area (Å²) in [5.74, 6) is 1.83. The van der Waals surface area contributed by atoms with Crippen LogP contribution in [0.15, 0.2) is 114 Å². The molecule has 0 heterocycles. The van der Waals surface area contributed by atoms with Crippen molar-refractivity contribution in [2.45, 2.75) is 92.9 Å². The maximum absolute atomic E-state index is 5.15. The van der Waals surface area contributed by atoms with Crippen LogP contribution in [0.5, 0.6) is 0 Å². The number of anilines is 1. The van der Waals surface area contributed by atoms with Crippen molar-refractivity contribution >= 4 is 53.0 Å². The van der Waals surface area contributed by atoms with Gasteiger partial charge in [-0.3, -0.25) is 0 Å². The van der Waals surface area contributed by atoms with Gasteiger partial charge in [0, 0.05) is 0 Å². The summed E-state index contributed by atoms with van der Waals surface area (Å²) in [6.07, 6.45) is 2.22. The molecule has 4 aromatic carbocycles. The zero-order chi connectivity index (χ0) is 33.1. The molecule has 0 atom stereocenters. The van der Waals surface area contributed by atoms with Crippen LogP contribution in [0.25, 0.3) is 0 Å². The molecule has 0 aromatic heterocycles. The van der Waals surface area contributed by atoms with Crippen LogP contribution in [0.4, 0.5) is 11.4 Å². The van der Waals surface area contributed by atoms with Gasteiger partial charge in [0.25, 0.3) is 0 Å². The van der Waals surface area contributed by atoms with Gasteiger partial charge in [0.2, 0.25) is 0 Å². The van der Waals surface area contributed by atoms with E-state index in [1.807, 2.05) is 0 Å². The van der Waals surface area contributed by atoms with Crippen molar-refractivity contribution in [2.24, 2.45) is 4.99 Å². The first-order valence-electron chi connectivity index (χ1n) is 16.3. The molecular weight excluding hydrogens is 624 g/mol. The van der Waals surface area contributed by atoms with Crippen molar-refractivity contribution < 1.29 is 0 Å². The molecule has 0 aliphatic rings. The number of aliphatic imine (C=N–C) groups is 1. The zero-order valence-electron chi connectivity index (χ0n) is 29.0. The number of hydrogen-bond acceptors (Lipinski definition) is 2. The maximum atomic E-state index is 5.15. The second kappa shape index (κ2) is 17.7. The van der Waals surface area contributed by atoms with Gasteiger partial charge < -0.3 is 0 Å². The molecule has 0 saturated carbocycles. The van der Waals surface area contributed by atoms with Gasteiger partial charge in [0.05, 0.1) is 0 Å². The molecule has 2 nitrogen and oxygen atoms in total. The summed E-state index contributed by atoms with van der Waals surface area (Å²) in [7, 11) is 0.777. The number of para-hydroxylation sites is 2. The fourth-order valence-electron chi connectivity index (χ4n) is 5.37. The minimum absolute atomic E-state index is 0.444.